The van der Waals surface area contributed by atoms with Crippen molar-refractivity contribution in [3.8, 4) is 0 Å². The van der Waals surface area contributed by atoms with Crippen LogP contribution >= 0.6 is 0 Å². The van der Waals surface area contributed by atoms with E-state index in [0.29, 0.717) is 5.70 Å². The Morgan fingerprint density at radius 3 is 2.73 bits per heavy atom. The fraction of sp³-hybridized carbons (Fsp3) is 0.625. The smallest absolute Gasteiger partial charge is 0.245 e. The molecular weight excluding hydrogens is 140 g/mol. The van der Waals surface area contributed by atoms with Crippen LogP contribution in [0.5, 0.6) is 0 Å². The maximum atomic E-state index is 10.9. The Labute approximate surface area is 67.7 Å². The van der Waals surface area contributed by atoms with Crippen molar-refractivity contribution in [1.29, 1.82) is 0 Å². The molecule has 0 spiro atoms. The van der Waals surface area contributed by atoms with Gasteiger partial charge < -0.3 is 11.1 Å². The highest BCUT2D eigenvalue weighted by molar-refractivity contribution is 5.87. The summed E-state index contributed by atoms with van der Waals surface area (Å²) in [4.78, 5) is 10.9. The molecule has 64 valence electrons. The number of amides is 1. The maximum absolute atomic E-state index is 10.9. The second kappa shape index (κ2) is 5.77. The van der Waals surface area contributed by atoms with E-state index < -0.39 is 0 Å². The van der Waals surface area contributed by atoms with Gasteiger partial charge in [0.2, 0.25) is 5.91 Å². The summed E-state index contributed by atoms with van der Waals surface area (Å²) >= 11 is 0. The molecule has 11 heavy (non-hydrogen) atoms. The summed E-state index contributed by atoms with van der Waals surface area (Å²) in [5.41, 5.74) is 5.84. The molecule has 0 aromatic rings. The molecule has 1 amide bonds. The topological polar surface area (TPSA) is 55.1 Å². The fourth-order valence-electron chi connectivity index (χ4n) is 0.646. The molecule has 0 aliphatic carbocycles. The molecule has 0 aliphatic heterocycles. The van der Waals surface area contributed by atoms with Crippen LogP contribution in [0, 0.1) is 0 Å². The van der Waals surface area contributed by atoms with Crippen molar-refractivity contribution < 1.29 is 4.79 Å². The van der Waals surface area contributed by atoms with E-state index in [0.717, 1.165) is 19.4 Å². The first kappa shape index (κ1) is 10.0. The monoisotopic (exact) mass is 156 g/mol. The molecule has 0 fully saturated rings. The summed E-state index contributed by atoms with van der Waals surface area (Å²) in [5.74, 6) is -0.0987. The van der Waals surface area contributed by atoms with Crippen LogP contribution in [-0.2, 0) is 4.79 Å². The molecule has 0 aromatic carbocycles. The van der Waals surface area contributed by atoms with Crippen LogP contribution in [0.1, 0.15) is 26.7 Å². The van der Waals surface area contributed by atoms with Gasteiger partial charge in [-0.1, -0.05) is 13.3 Å². The number of unbranched alkanes of at least 4 members (excludes halogenated alkanes) is 1. The highest BCUT2D eigenvalue weighted by Crippen LogP contribution is 1.84. The van der Waals surface area contributed by atoms with E-state index >= 15 is 0 Å². The van der Waals surface area contributed by atoms with E-state index in [1.54, 1.807) is 6.92 Å². The van der Waals surface area contributed by atoms with Gasteiger partial charge in [-0.3, -0.25) is 4.79 Å². The summed E-state index contributed by atoms with van der Waals surface area (Å²) in [6.45, 7) is 4.51. The second-order valence-electron chi connectivity index (χ2n) is 2.53. The van der Waals surface area contributed by atoms with E-state index in [1.807, 2.05) is 0 Å². The van der Waals surface area contributed by atoms with Crippen LogP contribution in [0.2, 0.25) is 0 Å². The first-order valence-electron chi connectivity index (χ1n) is 3.88. The number of carbonyl (C=O) groups is 1. The van der Waals surface area contributed by atoms with Gasteiger partial charge in [-0.05, 0) is 13.3 Å². The van der Waals surface area contributed by atoms with Gasteiger partial charge in [-0.2, -0.15) is 0 Å². The van der Waals surface area contributed by atoms with Crippen molar-refractivity contribution in [3.05, 3.63) is 11.8 Å². The molecule has 0 rings (SSSR count). The predicted molar refractivity (Wildman–Crippen MR) is 45.9 cm³/mol. The van der Waals surface area contributed by atoms with Gasteiger partial charge in [0, 0.05) is 18.3 Å². The molecule has 3 N–H and O–H groups in total. The third-order valence-electron chi connectivity index (χ3n) is 1.19. The lowest BCUT2D eigenvalue weighted by molar-refractivity contribution is -0.116. The molecule has 0 atom stereocenters. The van der Waals surface area contributed by atoms with Gasteiger partial charge >= 0.3 is 0 Å². The van der Waals surface area contributed by atoms with Crippen LogP contribution in [0.25, 0.3) is 0 Å². The first-order chi connectivity index (χ1) is 5.16. The summed E-state index contributed by atoms with van der Waals surface area (Å²) < 4.78 is 0. The maximum Gasteiger partial charge on any atom is 0.245 e. The molecule has 0 unspecified atom stereocenters. The average Bonchev–Trinajstić information content (AvgIpc) is 1.86. The second-order valence-corrected chi connectivity index (χ2v) is 2.53. The van der Waals surface area contributed by atoms with E-state index in [1.165, 1.54) is 6.08 Å². The van der Waals surface area contributed by atoms with Crippen molar-refractivity contribution in [2.24, 2.45) is 5.73 Å². The van der Waals surface area contributed by atoms with Crippen LogP contribution in [0.15, 0.2) is 11.8 Å². The summed E-state index contributed by atoms with van der Waals surface area (Å²) in [6.07, 6.45) is 3.50. The normalized spacial score (nSPS) is 11.3. The van der Waals surface area contributed by atoms with Gasteiger partial charge in [0.1, 0.15) is 0 Å². The van der Waals surface area contributed by atoms with E-state index in [4.69, 9.17) is 5.73 Å². The lowest BCUT2D eigenvalue weighted by atomic mass is 10.3. The number of hydrogen-bond donors (Lipinski definition) is 2. The van der Waals surface area contributed by atoms with Crippen molar-refractivity contribution in [1.82, 2.24) is 5.32 Å². The van der Waals surface area contributed by atoms with Crippen molar-refractivity contribution in [2.75, 3.05) is 6.54 Å². The summed E-state index contributed by atoms with van der Waals surface area (Å²) in [6, 6.07) is 0. The number of hydrogen-bond acceptors (Lipinski definition) is 2. The molecule has 0 saturated carbocycles. The number of nitrogens with two attached hydrogens (primary N) is 1. The van der Waals surface area contributed by atoms with Gasteiger partial charge in [-0.15, -0.1) is 0 Å². The Morgan fingerprint density at radius 1 is 1.64 bits per heavy atom. The number of carbonyl (C=O) groups excluding carboxylic acids is 1. The van der Waals surface area contributed by atoms with Crippen LogP contribution < -0.4 is 11.1 Å². The van der Waals surface area contributed by atoms with Crippen molar-refractivity contribution >= 4 is 5.91 Å². The molecule has 0 radical (unpaired) electrons. The van der Waals surface area contributed by atoms with Gasteiger partial charge in [0.05, 0.1) is 0 Å². The predicted octanol–water partition coefficient (Wildman–Crippen LogP) is 0.765. The SMILES string of the molecule is CCCCNC(=O)/C=C(/C)N. The average molecular weight is 156 g/mol. The third-order valence-corrected chi connectivity index (χ3v) is 1.19. The molecule has 3 heteroatoms. The van der Waals surface area contributed by atoms with Gasteiger partial charge in [0.15, 0.2) is 0 Å². The third kappa shape index (κ3) is 6.90. The van der Waals surface area contributed by atoms with E-state index in [-0.39, 0.29) is 5.91 Å². The molecule has 0 saturated heterocycles. The Bertz CT molecular complexity index is 148. The molecule has 0 aromatic heterocycles. The minimum atomic E-state index is -0.0987. The zero-order valence-corrected chi connectivity index (χ0v) is 7.18. The minimum absolute atomic E-state index is 0.0987. The van der Waals surface area contributed by atoms with Crippen LogP contribution in [-0.4, -0.2) is 12.5 Å². The van der Waals surface area contributed by atoms with Gasteiger partial charge in [0.25, 0.3) is 0 Å². The zero-order valence-electron chi connectivity index (χ0n) is 7.18. The Kier molecular flexibility index (Phi) is 5.25. The number of rotatable bonds is 4. The minimum Gasteiger partial charge on any atom is -0.402 e. The Hall–Kier alpha value is -0.990. The molecule has 0 bridgehead atoms. The molecule has 3 nitrogen and oxygen atoms in total. The largest absolute Gasteiger partial charge is 0.402 e. The Morgan fingerprint density at radius 2 is 2.27 bits per heavy atom. The number of allylic oxidation sites excluding steroid dienone is 1. The highest BCUT2D eigenvalue weighted by atomic mass is 16.1. The van der Waals surface area contributed by atoms with E-state index in [9.17, 15) is 4.79 Å². The zero-order chi connectivity index (χ0) is 8.69. The lowest BCUT2D eigenvalue weighted by Gasteiger charge is -1.99. The first-order valence-corrected chi connectivity index (χ1v) is 3.88. The molecule has 0 heterocycles. The number of nitrogens with one attached hydrogen (secondary N) is 1. The fourth-order valence-corrected chi connectivity index (χ4v) is 0.646. The molecular formula is C8H16N2O. The summed E-state index contributed by atoms with van der Waals surface area (Å²) in [5, 5.41) is 2.72. The summed E-state index contributed by atoms with van der Waals surface area (Å²) in [7, 11) is 0. The van der Waals surface area contributed by atoms with Crippen molar-refractivity contribution in [2.45, 2.75) is 26.7 Å². The highest BCUT2D eigenvalue weighted by Gasteiger charge is 1.93. The van der Waals surface area contributed by atoms with Crippen molar-refractivity contribution in [3.63, 3.8) is 0 Å². The van der Waals surface area contributed by atoms with Gasteiger partial charge in [-0.25, -0.2) is 0 Å². The van der Waals surface area contributed by atoms with Crippen LogP contribution in [0.4, 0.5) is 0 Å². The quantitative estimate of drug-likeness (QED) is 0.466. The standard InChI is InChI=1S/C8H16N2O/c1-3-4-5-10-8(11)6-7(2)9/h6H,3-5,9H2,1-2H3,(H,10,11)/b7-6-. The molecule has 0 aliphatic rings. The van der Waals surface area contributed by atoms with E-state index in [2.05, 4.69) is 12.2 Å². The lowest BCUT2D eigenvalue weighted by Crippen LogP contribution is -2.22. The van der Waals surface area contributed by atoms with Crippen LogP contribution in [0.3, 0.4) is 0 Å². The Balaban J connectivity index is 3.46.